The maximum Gasteiger partial charge on any atom is 0.0270 e. The summed E-state index contributed by atoms with van der Waals surface area (Å²) in [5, 5.41) is 0. The summed E-state index contributed by atoms with van der Waals surface area (Å²) in [7, 11) is 0. The molecule has 0 saturated carbocycles. The second-order valence-corrected chi connectivity index (χ2v) is 4.96. The molecule has 2 heteroatoms. The molecule has 14 heavy (non-hydrogen) atoms. The minimum atomic E-state index is 0.142. The van der Waals surface area contributed by atoms with E-state index in [-0.39, 0.29) is 11.5 Å². The minimum Gasteiger partial charge on any atom is -0.327 e. The van der Waals surface area contributed by atoms with Crippen LogP contribution in [-0.2, 0) is 0 Å². The highest BCUT2D eigenvalue weighted by molar-refractivity contribution is 5.17. The van der Waals surface area contributed by atoms with Crippen LogP contribution in [0, 0.1) is 5.41 Å². The minimum absolute atomic E-state index is 0.142. The molecule has 0 aliphatic carbocycles. The number of hydrogen-bond donors (Lipinski definition) is 1. The molecule has 0 spiro atoms. The molecule has 0 fully saturated rings. The van der Waals surface area contributed by atoms with E-state index in [1.54, 1.807) is 0 Å². The van der Waals surface area contributed by atoms with Gasteiger partial charge in [-0.2, -0.15) is 0 Å². The first-order chi connectivity index (χ1) is 6.43. The zero-order valence-electron chi connectivity index (χ0n) is 9.49. The summed E-state index contributed by atoms with van der Waals surface area (Å²) in [6, 6.07) is 4.25. The number of aromatic nitrogens is 1. The number of nitrogens with zero attached hydrogens (tertiary/aromatic N) is 1. The van der Waals surface area contributed by atoms with Gasteiger partial charge < -0.3 is 5.73 Å². The maximum atomic E-state index is 6.21. The third-order valence-corrected chi connectivity index (χ3v) is 2.77. The van der Waals surface area contributed by atoms with E-state index in [4.69, 9.17) is 5.73 Å². The summed E-state index contributed by atoms with van der Waals surface area (Å²) in [6.45, 7) is 8.70. The number of nitrogens with two attached hydrogens (primary N) is 1. The second kappa shape index (κ2) is 4.09. The van der Waals surface area contributed by atoms with E-state index < -0.39 is 0 Å². The molecule has 0 aliphatic heterocycles. The Hall–Kier alpha value is -0.890. The van der Waals surface area contributed by atoms with E-state index in [9.17, 15) is 0 Å². The lowest BCUT2D eigenvalue weighted by Gasteiger charge is -2.32. The molecule has 0 bridgehead atoms. The molecule has 1 aromatic heterocycles. The summed E-state index contributed by atoms with van der Waals surface area (Å²) in [5.74, 6) is 0.373. The predicted octanol–water partition coefficient (Wildman–Crippen LogP) is 2.56. The van der Waals surface area contributed by atoms with Crippen LogP contribution in [0.3, 0.4) is 0 Å². The van der Waals surface area contributed by atoms with E-state index in [1.165, 1.54) is 5.56 Å². The molecule has 1 heterocycles. The van der Waals surface area contributed by atoms with Crippen molar-refractivity contribution in [3.63, 3.8) is 0 Å². The maximum absolute atomic E-state index is 6.21. The van der Waals surface area contributed by atoms with E-state index in [0.717, 1.165) is 0 Å². The Balaban J connectivity index is 2.81. The van der Waals surface area contributed by atoms with Crippen LogP contribution < -0.4 is 5.73 Å². The Morgan fingerprint density at radius 3 is 2.14 bits per heavy atom. The van der Waals surface area contributed by atoms with Gasteiger partial charge in [0, 0.05) is 18.4 Å². The quantitative estimate of drug-likeness (QED) is 0.782. The fourth-order valence-corrected chi connectivity index (χ4v) is 1.62. The van der Waals surface area contributed by atoms with Crippen molar-refractivity contribution in [1.82, 2.24) is 4.98 Å². The molecule has 0 aromatic carbocycles. The van der Waals surface area contributed by atoms with Crippen molar-refractivity contribution in [3.8, 4) is 0 Å². The molecule has 2 N–H and O–H groups in total. The Labute approximate surface area is 86.5 Å². The summed E-state index contributed by atoms with van der Waals surface area (Å²) in [6.07, 6.45) is 3.64. The van der Waals surface area contributed by atoms with Gasteiger partial charge in [0.25, 0.3) is 0 Å². The Bertz CT molecular complexity index is 274. The fraction of sp³-hybridized carbons (Fsp3) is 0.583. The van der Waals surface area contributed by atoms with Gasteiger partial charge in [-0.05, 0) is 29.0 Å². The van der Waals surface area contributed by atoms with Gasteiger partial charge in [-0.1, -0.05) is 27.7 Å². The Morgan fingerprint density at radius 1 is 1.21 bits per heavy atom. The largest absolute Gasteiger partial charge is 0.327 e. The summed E-state index contributed by atoms with van der Waals surface area (Å²) >= 11 is 0. The van der Waals surface area contributed by atoms with E-state index in [1.807, 2.05) is 24.5 Å². The molecule has 1 rings (SSSR count). The van der Waals surface area contributed by atoms with Crippen molar-refractivity contribution in [2.24, 2.45) is 11.1 Å². The lowest BCUT2D eigenvalue weighted by atomic mass is 9.78. The van der Waals surface area contributed by atoms with Crippen LogP contribution in [-0.4, -0.2) is 11.0 Å². The standard InChI is InChI=1S/C12H20N2/c1-9(11(13)12(2,3)4)10-5-7-14-8-6-10/h5-9,11H,13H2,1-4H3. The lowest BCUT2D eigenvalue weighted by Crippen LogP contribution is -2.39. The molecular weight excluding hydrogens is 172 g/mol. The highest BCUT2D eigenvalue weighted by atomic mass is 14.7. The molecule has 0 radical (unpaired) electrons. The summed E-state index contributed by atoms with van der Waals surface area (Å²) < 4.78 is 0. The second-order valence-electron chi connectivity index (χ2n) is 4.96. The zero-order valence-corrected chi connectivity index (χ0v) is 9.49. The van der Waals surface area contributed by atoms with Gasteiger partial charge in [-0.3, -0.25) is 4.98 Å². The first-order valence-electron chi connectivity index (χ1n) is 5.08. The third-order valence-electron chi connectivity index (χ3n) is 2.77. The van der Waals surface area contributed by atoms with E-state index in [0.29, 0.717) is 5.92 Å². The molecule has 78 valence electrons. The number of pyridine rings is 1. The summed E-state index contributed by atoms with van der Waals surface area (Å²) in [5.41, 5.74) is 7.61. The van der Waals surface area contributed by atoms with Gasteiger partial charge in [0.15, 0.2) is 0 Å². The van der Waals surface area contributed by atoms with Gasteiger partial charge in [0.2, 0.25) is 0 Å². The van der Waals surface area contributed by atoms with Gasteiger partial charge in [0.1, 0.15) is 0 Å². The highest BCUT2D eigenvalue weighted by Gasteiger charge is 2.26. The van der Waals surface area contributed by atoms with Crippen molar-refractivity contribution in [3.05, 3.63) is 30.1 Å². The van der Waals surface area contributed by atoms with Crippen LogP contribution in [0.15, 0.2) is 24.5 Å². The third kappa shape index (κ3) is 2.55. The Kier molecular flexibility index (Phi) is 3.27. The van der Waals surface area contributed by atoms with Crippen molar-refractivity contribution >= 4 is 0 Å². The molecule has 2 unspecified atom stereocenters. The smallest absolute Gasteiger partial charge is 0.0270 e. The van der Waals surface area contributed by atoms with Crippen LogP contribution in [0.25, 0.3) is 0 Å². The normalized spacial score (nSPS) is 16.4. The van der Waals surface area contributed by atoms with Gasteiger partial charge in [-0.15, -0.1) is 0 Å². The lowest BCUT2D eigenvalue weighted by molar-refractivity contribution is 0.288. The fourth-order valence-electron chi connectivity index (χ4n) is 1.62. The summed E-state index contributed by atoms with van der Waals surface area (Å²) in [4.78, 5) is 4.01. The molecular formula is C12H20N2. The molecule has 0 aliphatic rings. The average Bonchev–Trinajstić information content (AvgIpc) is 2.15. The van der Waals surface area contributed by atoms with E-state index >= 15 is 0 Å². The van der Waals surface area contributed by atoms with Gasteiger partial charge >= 0.3 is 0 Å². The molecule has 2 atom stereocenters. The predicted molar refractivity (Wildman–Crippen MR) is 60.1 cm³/mol. The topological polar surface area (TPSA) is 38.9 Å². The number of hydrogen-bond acceptors (Lipinski definition) is 2. The molecule has 1 aromatic rings. The van der Waals surface area contributed by atoms with Crippen LogP contribution in [0.2, 0.25) is 0 Å². The van der Waals surface area contributed by atoms with Crippen LogP contribution in [0.1, 0.15) is 39.2 Å². The SMILES string of the molecule is CC(c1ccncc1)C(N)C(C)(C)C. The van der Waals surface area contributed by atoms with Crippen LogP contribution in [0.5, 0.6) is 0 Å². The first-order valence-corrected chi connectivity index (χ1v) is 5.08. The van der Waals surface area contributed by atoms with Crippen LogP contribution >= 0.6 is 0 Å². The van der Waals surface area contributed by atoms with Crippen molar-refractivity contribution in [2.75, 3.05) is 0 Å². The zero-order chi connectivity index (χ0) is 10.8. The van der Waals surface area contributed by atoms with Crippen molar-refractivity contribution in [1.29, 1.82) is 0 Å². The molecule has 0 amide bonds. The average molecular weight is 192 g/mol. The first kappa shape index (κ1) is 11.2. The number of rotatable bonds is 2. The van der Waals surface area contributed by atoms with Crippen LogP contribution in [0.4, 0.5) is 0 Å². The monoisotopic (exact) mass is 192 g/mol. The van der Waals surface area contributed by atoms with Crippen molar-refractivity contribution in [2.45, 2.75) is 39.7 Å². The molecule has 0 saturated heterocycles. The Morgan fingerprint density at radius 2 is 1.71 bits per heavy atom. The van der Waals surface area contributed by atoms with Gasteiger partial charge in [-0.25, -0.2) is 0 Å². The highest BCUT2D eigenvalue weighted by Crippen LogP contribution is 2.29. The van der Waals surface area contributed by atoms with Crippen molar-refractivity contribution < 1.29 is 0 Å². The molecule has 2 nitrogen and oxygen atoms in total. The van der Waals surface area contributed by atoms with Gasteiger partial charge in [0.05, 0.1) is 0 Å². The van der Waals surface area contributed by atoms with E-state index in [2.05, 4.69) is 32.7 Å².